The Balaban J connectivity index is 1.79. The summed E-state index contributed by atoms with van der Waals surface area (Å²) in [6.07, 6.45) is 3.16. The van der Waals surface area contributed by atoms with Crippen molar-refractivity contribution < 1.29 is 17.9 Å². The van der Waals surface area contributed by atoms with Crippen molar-refractivity contribution in [1.29, 1.82) is 0 Å². The molecule has 1 saturated heterocycles. The first-order valence-electron chi connectivity index (χ1n) is 10.5. The summed E-state index contributed by atoms with van der Waals surface area (Å²) in [6, 6.07) is 7.86. The predicted molar refractivity (Wildman–Crippen MR) is 121 cm³/mol. The van der Waals surface area contributed by atoms with Crippen molar-refractivity contribution in [3.63, 3.8) is 0 Å². The minimum absolute atomic E-state index is 0.0632. The van der Waals surface area contributed by atoms with Gasteiger partial charge < -0.3 is 25.0 Å². The predicted octanol–water partition coefficient (Wildman–Crippen LogP) is 1.53. The van der Waals surface area contributed by atoms with Gasteiger partial charge in [0.2, 0.25) is 0 Å². The van der Waals surface area contributed by atoms with Crippen LogP contribution in [0.1, 0.15) is 26.7 Å². The number of nitrogens with one attached hydrogen (secondary N) is 2. The molecule has 1 unspecified atom stereocenters. The molecule has 0 aliphatic carbocycles. The van der Waals surface area contributed by atoms with Crippen molar-refractivity contribution in [2.45, 2.75) is 38.8 Å². The molecule has 0 saturated carbocycles. The number of aliphatic imine (C=N–C) groups is 1. The summed E-state index contributed by atoms with van der Waals surface area (Å²) < 4.78 is 33.8. The maximum Gasteiger partial charge on any atom is 0.191 e. The molecule has 30 heavy (non-hydrogen) atoms. The molecule has 1 aliphatic heterocycles. The largest absolute Gasteiger partial charge is 0.497 e. The second kappa shape index (κ2) is 12.0. The van der Waals surface area contributed by atoms with E-state index in [-0.39, 0.29) is 11.9 Å². The normalized spacial score (nSPS) is 17.4. The van der Waals surface area contributed by atoms with Crippen molar-refractivity contribution in [3.05, 3.63) is 24.3 Å². The minimum Gasteiger partial charge on any atom is -0.497 e. The van der Waals surface area contributed by atoms with Gasteiger partial charge in [0.25, 0.3) is 0 Å². The molecule has 1 atom stereocenters. The van der Waals surface area contributed by atoms with Gasteiger partial charge in [-0.05, 0) is 51.0 Å². The van der Waals surface area contributed by atoms with E-state index in [4.69, 9.17) is 9.47 Å². The number of sulfone groups is 1. The van der Waals surface area contributed by atoms with Gasteiger partial charge in [-0.2, -0.15) is 0 Å². The molecule has 2 N–H and O–H groups in total. The van der Waals surface area contributed by atoms with Crippen LogP contribution >= 0.6 is 0 Å². The Kier molecular flexibility index (Phi) is 9.71. The SMILES string of the molecule is CCNC(=NCC(C)Oc1ccc(OC)cc1)NC1CCN(CCS(C)(=O)=O)CC1. The monoisotopic (exact) mass is 440 g/mol. The molecule has 1 fully saturated rings. The van der Waals surface area contributed by atoms with Gasteiger partial charge in [0, 0.05) is 38.5 Å². The summed E-state index contributed by atoms with van der Waals surface area (Å²) in [5.74, 6) is 2.60. The van der Waals surface area contributed by atoms with E-state index in [1.807, 2.05) is 38.1 Å². The highest BCUT2D eigenvalue weighted by Gasteiger charge is 2.20. The highest BCUT2D eigenvalue weighted by atomic mass is 32.2. The number of likely N-dealkylation sites (tertiary alicyclic amines) is 1. The zero-order chi connectivity index (χ0) is 22.0. The fraction of sp³-hybridized carbons (Fsp3) is 0.667. The maximum atomic E-state index is 11.3. The van der Waals surface area contributed by atoms with E-state index in [0.717, 1.165) is 49.9 Å². The summed E-state index contributed by atoms with van der Waals surface area (Å²) in [7, 11) is -1.27. The van der Waals surface area contributed by atoms with Crippen LogP contribution in [-0.2, 0) is 9.84 Å². The quantitative estimate of drug-likeness (QED) is 0.421. The number of benzene rings is 1. The van der Waals surface area contributed by atoms with Crippen molar-refractivity contribution in [2.24, 2.45) is 4.99 Å². The summed E-state index contributed by atoms with van der Waals surface area (Å²) >= 11 is 0. The number of hydrogen-bond donors (Lipinski definition) is 2. The number of methoxy groups -OCH3 is 1. The van der Waals surface area contributed by atoms with Crippen LogP contribution in [0.3, 0.4) is 0 Å². The molecule has 9 heteroatoms. The highest BCUT2D eigenvalue weighted by Crippen LogP contribution is 2.18. The Hall–Kier alpha value is -2.00. The third-order valence-electron chi connectivity index (χ3n) is 4.95. The Morgan fingerprint density at radius 2 is 1.87 bits per heavy atom. The fourth-order valence-electron chi connectivity index (χ4n) is 3.25. The second-order valence-electron chi connectivity index (χ2n) is 7.71. The number of guanidine groups is 1. The third kappa shape index (κ3) is 9.21. The van der Waals surface area contributed by atoms with Crippen molar-refractivity contribution >= 4 is 15.8 Å². The number of piperidine rings is 1. The van der Waals surface area contributed by atoms with Crippen LogP contribution in [0.5, 0.6) is 11.5 Å². The second-order valence-corrected chi connectivity index (χ2v) is 9.97. The molecule has 1 aliphatic rings. The molecule has 1 aromatic rings. The Labute approximate surface area is 181 Å². The lowest BCUT2D eigenvalue weighted by atomic mass is 10.1. The molecule has 0 radical (unpaired) electrons. The van der Waals surface area contributed by atoms with E-state index in [1.54, 1.807) is 7.11 Å². The Morgan fingerprint density at radius 1 is 1.23 bits per heavy atom. The molecule has 0 spiro atoms. The molecule has 0 amide bonds. The summed E-state index contributed by atoms with van der Waals surface area (Å²) in [5, 5.41) is 6.80. The number of hydrogen-bond acceptors (Lipinski definition) is 6. The molecule has 170 valence electrons. The van der Waals surface area contributed by atoms with Gasteiger partial charge in [-0.1, -0.05) is 0 Å². The average molecular weight is 441 g/mol. The van der Waals surface area contributed by atoms with Crippen molar-refractivity contribution in [2.75, 3.05) is 51.8 Å². The molecule has 0 bridgehead atoms. The maximum absolute atomic E-state index is 11.3. The molecular weight excluding hydrogens is 404 g/mol. The first-order valence-corrected chi connectivity index (χ1v) is 12.6. The van der Waals surface area contributed by atoms with E-state index in [1.165, 1.54) is 6.26 Å². The van der Waals surface area contributed by atoms with E-state index in [0.29, 0.717) is 19.1 Å². The first kappa shape index (κ1) is 24.3. The van der Waals surface area contributed by atoms with Gasteiger partial charge >= 0.3 is 0 Å². The zero-order valence-corrected chi connectivity index (χ0v) is 19.4. The van der Waals surface area contributed by atoms with Gasteiger partial charge in [0.15, 0.2) is 5.96 Å². The van der Waals surface area contributed by atoms with E-state index in [2.05, 4.69) is 20.5 Å². The summed E-state index contributed by atoms with van der Waals surface area (Å²) in [6.45, 7) is 7.76. The van der Waals surface area contributed by atoms with Gasteiger partial charge in [0.1, 0.15) is 27.4 Å². The van der Waals surface area contributed by atoms with E-state index in [9.17, 15) is 8.42 Å². The molecule has 1 aromatic carbocycles. The number of rotatable bonds is 10. The smallest absolute Gasteiger partial charge is 0.191 e. The lowest BCUT2D eigenvalue weighted by molar-refractivity contribution is 0.215. The van der Waals surface area contributed by atoms with Crippen LogP contribution in [0.15, 0.2) is 29.3 Å². The minimum atomic E-state index is -2.91. The first-order chi connectivity index (χ1) is 14.3. The van der Waals surface area contributed by atoms with Gasteiger partial charge in [-0.25, -0.2) is 13.4 Å². The Morgan fingerprint density at radius 3 is 2.43 bits per heavy atom. The van der Waals surface area contributed by atoms with Crippen LogP contribution in [0, 0.1) is 0 Å². The van der Waals surface area contributed by atoms with Gasteiger partial charge in [-0.15, -0.1) is 0 Å². The third-order valence-corrected chi connectivity index (χ3v) is 5.88. The lowest BCUT2D eigenvalue weighted by Crippen LogP contribution is -2.49. The van der Waals surface area contributed by atoms with Crippen LogP contribution in [0.2, 0.25) is 0 Å². The molecule has 0 aromatic heterocycles. The number of nitrogens with zero attached hydrogens (tertiary/aromatic N) is 2. The molecule has 8 nitrogen and oxygen atoms in total. The molecular formula is C21H36N4O4S. The van der Waals surface area contributed by atoms with Crippen molar-refractivity contribution in [3.8, 4) is 11.5 Å². The standard InChI is InChI=1S/C21H36N4O4S/c1-5-22-21(23-16-17(2)29-20-8-6-19(28-3)7-9-20)24-18-10-12-25(13-11-18)14-15-30(4,26)27/h6-9,17-18H,5,10-16H2,1-4H3,(H2,22,23,24). The van der Waals surface area contributed by atoms with Gasteiger partial charge in [-0.3, -0.25) is 0 Å². The topological polar surface area (TPSA) is 92.3 Å². The van der Waals surface area contributed by atoms with Crippen LogP contribution in [-0.4, -0.2) is 83.3 Å². The van der Waals surface area contributed by atoms with Crippen LogP contribution in [0.4, 0.5) is 0 Å². The molecule has 2 rings (SSSR count). The van der Waals surface area contributed by atoms with E-state index >= 15 is 0 Å². The number of ether oxygens (including phenoxy) is 2. The van der Waals surface area contributed by atoms with E-state index < -0.39 is 9.84 Å². The molecule has 1 heterocycles. The summed E-state index contributed by atoms with van der Waals surface area (Å²) in [5.41, 5.74) is 0. The van der Waals surface area contributed by atoms with Crippen molar-refractivity contribution in [1.82, 2.24) is 15.5 Å². The van der Waals surface area contributed by atoms with Gasteiger partial charge in [0.05, 0.1) is 19.4 Å². The summed E-state index contributed by atoms with van der Waals surface area (Å²) in [4.78, 5) is 6.89. The zero-order valence-electron chi connectivity index (χ0n) is 18.6. The highest BCUT2D eigenvalue weighted by molar-refractivity contribution is 7.90. The lowest BCUT2D eigenvalue weighted by Gasteiger charge is -2.33. The van der Waals surface area contributed by atoms with Crippen LogP contribution < -0.4 is 20.1 Å². The average Bonchev–Trinajstić information content (AvgIpc) is 2.71. The fourth-order valence-corrected chi connectivity index (χ4v) is 3.84. The Bertz CT molecular complexity index is 760. The van der Waals surface area contributed by atoms with Crippen LogP contribution in [0.25, 0.3) is 0 Å².